The Bertz CT molecular complexity index is 2180. The van der Waals surface area contributed by atoms with Crippen molar-refractivity contribution >= 4 is 67.2 Å². The van der Waals surface area contributed by atoms with Gasteiger partial charge < -0.3 is 34.5 Å². The average molecular weight is 936 g/mol. The van der Waals surface area contributed by atoms with Crippen LogP contribution < -0.4 is 29.6 Å². The minimum Gasteiger partial charge on any atom is -0.472 e. The smallest absolute Gasteiger partial charge is 0.462 e. The predicted molar refractivity (Wildman–Crippen MR) is 214 cm³/mol. The van der Waals surface area contributed by atoms with E-state index in [1.807, 2.05) is 19.1 Å². The summed E-state index contributed by atoms with van der Waals surface area (Å²) in [5.41, 5.74) is -1.55. The van der Waals surface area contributed by atoms with Crippen LogP contribution in [0.15, 0.2) is 36.5 Å². The summed E-state index contributed by atoms with van der Waals surface area (Å²) in [6, 6.07) is 2.61. The van der Waals surface area contributed by atoms with Gasteiger partial charge in [0.15, 0.2) is 11.5 Å². The van der Waals surface area contributed by atoms with Crippen LogP contribution in [0.3, 0.4) is 0 Å². The zero-order valence-corrected chi connectivity index (χ0v) is 35.1. The van der Waals surface area contributed by atoms with Crippen molar-refractivity contribution < 1.29 is 50.9 Å². The van der Waals surface area contributed by atoms with Crippen molar-refractivity contribution in [2.24, 2.45) is 29.6 Å². The fourth-order valence-electron chi connectivity index (χ4n) is 9.45. The van der Waals surface area contributed by atoms with Crippen LogP contribution in [0.1, 0.15) is 78.1 Å². The molecule has 0 bridgehead atoms. The molecule has 0 spiro atoms. The topological polar surface area (TPSA) is 192 Å². The number of halogens is 2. The fourth-order valence-corrected chi connectivity index (χ4v) is 11.3. The zero-order valence-electron chi connectivity index (χ0n) is 32.2. The molecule has 5 fully saturated rings. The summed E-state index contributed by atoms with van der Waals surface area (Å²) >= 11 is 1.41. The summed E-state index contributed by atoms with van der Waals surface area (Å²) in [5, 5.41) is 6.07. The maximum Gasteiger partial charge on any atom is 0.462 e. The molecule has 9 rings (SSSR count). The third-order valence-electron chi connectivity index (χ3n) is 12.9. The van der Waals surface area contributed by atoms with E-state index in [0.29, 0.717) is 48.3 Å². The van der Waals surface area contributed by atoms with Gasteiger partial charge in [0.2, 0.25) is 27.7 Å². The highest BCUT2D eigenvalue weighted by Crippen LogP contribution is 2.53. The molecular formula is C40H47FIN5O10S. The molecule has 2 unspecified atom stereocenters. The van der Waals surface area contributed by atoms with Crippen molar-refractivity contribution in [1.82, 2.24) is 25.2 Å². The van der Waals surface area contributed by atoms with E-state index in [-0.39, 0.29) is 54.7 Å². The highest BCUT2D eigenvalue weighted by Gasteiger charge is 2.62. The van der Waals surface area contributed by atoms with Gasteiger partial charge >= 0.3 is 10.1 Å². The Labute approximate surface area is 349 Å². The van der Waals surface area contributed by atoms with Crippen LogP contribution in [0.2, 0.25) is 0 Å². The van der Waals surface area contributed by atoms with Gasteiger partial charge in [0.25, 0.3) is 5.91 Å². The number of alkyl halides is 2. The number of carbonyl (C=O) groups excluding carboxylic acids is 4. The SMILES string of the molecule is C[C@@H]1CC/C=C\[C@@H]2C[C@@]2(C(=O)NS(=O)(=O)C2CC2)NC(=O)[C@@H]2C[C@@H](Oc3nccc4c5c(ccc34)OC(F)(I)O5)CN2C(=O)[C@@H](NC(=O)OC2C[C@@H]3C[C@@H]3C2)[C@H](C)C1. The van der Waals surface area contributed by atoms with E-state index in [2.05, 4.69) is 27.3 Å². The number of hydrogen-bond donors (Lipinski definition) is 3. The highest BCUT2D eigenvalue weighted by molar-refractivity contribution is 14.1. The fraction of sp³-hybridized carbons (Fsp3) is 0.625. The van der Waals surface area contributed by atoms with Gasteiger partial charge in [-0.3, -0.25) is 19.1 Å². The van der Waals surface area contributed by atoms with Crippen molar-refractivity contribution in [3.8, 4) is 17.4 Å². The summed E-state index contributed by atoms with van der Waals surface area (Å²) in [4.78, 5) is 62.6. The van der Waals surface area contributed by atoms with Crippen molar-refractivity contribution in [2.45, 2.75) is 117 Å². The summed E-state index contributed by atoms with van der Waals surface area (Å²) in [5.74, 6) is -0.965. The molecule has 18 heteroatoms. The molecule has 11 atom stereocenters. The lowest BCUT2D eigenvalue weighted by atomic mass is 9.88. The normalized spacial score (nSPS) is 37.3. The molecule has 4 heterocycles. The van der Waals surface area contributed by atoms with Crippen LogP contribution in [0, 0.1) is 29.6 Å². The number of hydrogen-bond acceptors (Lipinski definition) is 11. The first-order valence-electron chi connectivity index (χ1n) is 20.3. The van der Waals surface area contributed by atoms with Crippen molar-refractivity contribution in [3.05, 3.63) is 36.5 Å². The lowest BCUT2D eigenvalue weighted by molar-refractivity contribution is -0.142. The van der Waals surface area contributed by atoms with Gasteiger partial charge in [0.1, 0.15) is 29.8 Å². The molecule has 7 aliphatic rings. The number of benzene rings is 1. The Balaban J connectivity index is 1.02. The monoisotopic (exact) mass is 935 g/mol. The van der Waals surface area contributed by atoms with Crippen molar-refractivity contribution in [3.63, 3.8) is 0 Å². The molecule has 1 aromatic carbocycles. The van der Waals surface area contributed by atoms with E-state index in [4.69, 9.17) is 18.9 Å². The maximum atomic E-state index is 14.9. The number of pyridine rings is 1. The quantitative estimate of drug-likeness (QED) is 0.197. The molecule has 4 saturated carbocycles. The predicted octanol–water partition coefficient (Wildman–Crippen LogP) is 4.76. The van der Waals surface area contributed by atoms with E-state index in [9.17, 15) is 32.0 Å². The summed E-state index contributed by atoms with van der Waals surface area (Å²) in [6.45, 7) is 3.90. The number of carbonyl (C=O) groups is 4. The average Bonchev–Trinajstić information content (AvgIpc) is 4.12. The van der Waals surface area contributed by atoms with Crippen LogP contribution in [0.5, 0.6) is 17.4 Å². The first kappa shape index (κ1) is 39.5. The van der Waals surface area contributed by atoms with Gasteiger partial charge in [-0.05, 0) is 99.7 Å². The first-order valence-corrected chi connectivity index (χ1v) is 22.9. The van der Waals surface area contributed by atoms with Gasteiger partial charge in [0, 0.05) is 29.3 Å². The third kappa shape index (κ3) is 7.78. The number of aromatic nitrogens is 1. The van der Waals surface area contributed by atoms with Crippen LogP contribution in [0.4, 0.5) is 9.18 Å². The Kier molecular flexibility index (Phi) is 9.98. The number of rotatable bonds is 7. The minimum absolute atomic E-state index is 0.0209. The number of nitrogens with one attached hydrogen (secondary N) is 3. The minimum atomic E-state index is -3.93. The number of alkyl carbamates (subject to hydrolysis) is 1. The van der Waals surface area contributed by atoms with Gasteiger partial charge in [-0.1, -0.05) is 26.0 Å². The standard InChI is InChI=1S/C40H47FIN5O10S/c1-20-5-3-4-6-24-18-39(24,37(50)46-58(52,53)27-7-8-27)45-34(48)30-17-26(54-35-29-9-10-31-33(28(29)11-12-43-35)57-40(41,42)56-31)19-47(30)36(49)32(21(2)13-20)44-38(51)55-25-15-22-14-23(22)16-25/h4,6,9-12,20-27,30,32H,3,5,7-8,13-19H2,1-2H3,(H,44,51)(H,45,48)(H,46,50)/b6-4-/t20-,21-,22-,23+,24-,25?,26-,30+,32+,39-,40?/m1/s1. The number of sulfonamides is 1. The Morgan fingerprint density at radius 1 is 1.02 bits per heavy atom. The lowest BCUT2D eigenvalue weighted by Gasteiger charge is -2.33. The Morgan fingerprint density at radius 3 is 2.55 bits per heavy atom. The maximum absolute atomic E-state index is 14.9. The number of amides is 4. The van der Waals surface area contributed by atoms with Gasteiger partial charge in [0.05, 0.1) is 34.4 Å². The molecule has 15 nitrogen and oxygen atoms in total. The molecule has 3 N–H and O–H groups in total. The molecule has 3 aliphatic heterocycles. The van der Waals surface area contributed by atoms with Crippen molar-refractivity contribution in [1.29, 1.82) is 0 Å². The second-order valence-electron chi connectivity index (χ2n) is 17.4. The molecule has 4 amide bonds. The molecule has 312 valence electrons. The van der Waals surface area contributed by atoms with Crippen LogP contribution in [-0.4, -0.2) is 87.8 Å². The number of ether oxygens (including phenoxy) is 4. The van der Waals surface area contributed by atoms with Gasteiger partial charge in [-0.2, -0.15) is 0 Å². The lowest BCUT2D eigenvalue weighted by Crippen LogP contribution is -2.59. The molecule has 0 radical (unpaired) electrons. The van der Waals surface area contributed by atoms with Gasteiger partial charge in [-0.25, -0.2) is 18.2 Å². The number of fused-ring (bicyclic) bond motifs is 6. The largest absolute Gasteiger partial charge is 0.472 e. The van der Waals surface area contributed by atoms with Crippen molar-refractivity contribution in [2.75, 3.05) is 6.54 Å². The van der Waals surface area contributed by atoms with E-state index >= 15 is 0 Å². The molecular weight excluding hydrogens is 888 g/mol. The summed E-state index contributed by atoms with van der Waals surface area (Å²) in [6.07, 6.45) is 9.44. The van der Waals surface area contributed by atoms with Crippen LogP contribution in [-0.2, 0) is 29.1 Å². The van der Waals surface area contributed by atoms with E-state index in [1.54, 1.807) is 18.2 Å². The van der Waals surface area contributed by atoms with E-state index in [1.165, 1.54) is 33.7 Å². The molecule has 1 aromatic heterocycles. The van der Waals surface area contributed by atoms with Gasteiger partial charge in [-0.15, -0.1) is 4.39 Å². The molecule has 1 saturated heterocycles. The second kappa shape index (κ2) is 14.7. The molecule has 2 aromatic rings. The molecule has 4 aliphatic carbocycles. The van der Waals surface area contributed by atoms with E-state index < -0.39 is 72.8 Å². The van der Waals surface area contributed by atoms with Crippen LogP contribution >= 0.6 is 22.6 Å². The van der Waals surface area contributed by atoms with Crippen LogP contribution in [0.25, 0.3) is 10.8 Å². The third-order valence-corrected chi connectivity index (χ3v) is 15.2. The highest BCUT2D eigenvalue weighted by atomic mass is 127. The summed E-state index contributed by atoms with van der Waals surface area (Å²) < 4.78 is 63.3. The zero-order chi connectivity index (χ0) is 40.7. The second-order valence-corrected chi connectivity index (χ2v) is 20.6. The number of nitrogens with zero attached hydrogens (tertiary/aromatic N) is 2. The molecule has 58 heavy (non-hydrogen) atoms. The first-order chi connectivity index (χ1) is 27.6. The van der Waals surface area contributed by atoms with E-state index in [0.717, 1.165) is 25.7 Å². The summed E-state index contributed by atoms with van der Waals surface area (Å²) in [7, 11) is -3.93. The Morgan fingerprint density at radius 2 is 1.79 bits per heavy atom. The number of allylic oxidation sites excluding steroid dienone is 1. The Hall–Kier alpha value is -3.94.